The van der Waals surface area contributed by atoms with Crippen LogP contribution in [0.15, 0.2) is 42.6 Å². The number of nitrogens with zero attached hydrogens (tertiary/aromatic N) is 2. The third-order valence-electron chi connectivity index (χ3n) is 3.74. The van der Waals surface area contributed by atoms with E-state index in [0.29, 0.717) is 19.1 Å². The zero-order valence-corrected chi connectivity index (χ0v) is 12.2. The number of benzene rings is 1. The van der Waals surface area contributed by atoms with Gasteiger partial charge in [0.25, 0.3) is 0 Å². The molecular weight excluding hydrogens is 264 g/mol. The second-order valence-electron chi connectivity index (χ2n) is 5.73. The maximum atomic E-state index is 12.0. The molecule has 2 aromatic rings. The van der Waals surface area contributed by atoms with Crippen LogP contribution in [0.3, 0.4) is 0 Å². The summed E-state index contributed by atoms with van der Waals surface area (Å²) in [5, 5.41) is 4.52. The predicted octanol–water partition coefficient (Wildman–Crippen LogP) is 3.14. The summed E-state index contributed by atoms with van der Waals surface area (Å²) in [4.78, 5) is 12.0. The Bertz CT molecular complexity index is 602. The van der Waals surface area contributed by atoms with Crippen molar-refractivity contribution in [3.05, 3.63) is 53.9 Å². The Balaban J connectivity index is 1.49. The minimum absolute atomic E-state index is 0.178. The first kappa shape index (κ1) is 13.9. The fourth-order valence-corrected chi connectivity index (χ4v) is 2.30. The molecule has 4 nitrogen and oxygen atoms in total. The molecule has 0 amide bonds. The molecule has 4 heteroatoms. The van der Waals surface area contributed by atoms with Crippen molar-refractivity contribution in [2.24, 2.45) is 5.92 Å². The van der Waals surface area contributed by atoms with E-state index in [0.717, 1.165) is 11.3 Å². The van der Waals surface area contributed by atoms with E-state index in [1.54, 1.807) is 0 Å². The molecule has 3 rings (SSSR count). The highest BCUT2D eigenvalue weighted by molar-refractivity contribution is 5.71. The molecule has 0 bridgehead atoms. The molecule has 1 fully saturated rings. The van der Waals surface area contributed by atoms with Crippen LogP contribution in [0.5, 0.6) is 0 Å². The Morgan fingerprint density at radius 1 is 1.33 bits per heavy atom. The van der Waals surface area contributed by atoms with Gasteiger partial charge in [0, 0.05) is 12.1 Å². The molecule has 0 aliphatic heterocycles. The van der Waals surface area contributed by atoms with Gasteiger partial charge in [0.1, 0.15) is 6.61 Å². The molecule has 110 valence electrons. The minimum atomic E-state index is -0.194. The second-order valence-corrected chi connectivity index (χ2v) is 5.73. The Labute approximate surface area is 124 Å². The summed E-state index contributed by atoms with van der Waals surface area (Å²) in [7, 11) is 0. The van der Waals surface area contributed by atoms with Crippen molar-refractivity contribution < 1.29 is 9.53 Å². The van der Waals surface area contributed by atoms with Crippen molar-refractivity contribution >= 4 is 5.97 Å². The van der Waals surface area contributed by atoms with E-state index in [1.807, 2.05) is 48.1 Å². The van der Waals surface area contributed by atoms with Crippen molar-refractivity contribution in [2.45, 2.75) is 38.8 Å². The van der Waals surface area contributed by atoms with Gasteiger partial charge < -0.3 is 4.74 Å². The second kappa shape index (κ2) is 6.12. The summed E-state index contributed by atoms with van der Waals surface area (Å²) < 4.78 is 7.20. The van der Waals surface area contributed by atoms with Gasteiger partial charge in [-0.3, -0.25) is 9.48 Å². The Morgan fingerprint density at radius 3 is 2.81 bits per heavy atom. The fourth-order valence-electron chi connectivity index (χ4n) is 2.30. The van der Waals surface area contributed by atoms with Gasteiger partial charge in [0.2, 0.25) is 0 Å². The van der Waals surface area contributed by atoms with Crippen LogP contribution >= 0.6 is 0 Å². The molecule has 21 heavy (non-hydrogen) atoms. The third kappa shape index (κ3) is 3.72. The lowest BCUT2D eigenvalue weighted by Gasteiger charge is -2.11. The van der Waals surface area contributed by atoms with E-state index in [9.17, 15) is 4.79 Å². The first-order chi connectivity index (χ1) is 10.2. The van der Waals surface area contributed by atoms with Crippen molar-refractivity contribution in [1.29, 1.82) is 0 Å². The van der Waals surface area contributed by atoms with Gasteiger partial charge >= 0.3 is 5.97 Å². The number of hydrogen-bond donors (Lipinski definition) is 0. The Kier molecular flexibility index (Phi) is 4.04. The third-order valence-corrected chi connectivity index (χ3v) is 3.74. The van der Waals surface area contributed by atoms with Crippen molar-refractivity contribution in [3.63, 3.8) is 0 Å². The van der Waals surface area contributed by atoms with Gasteiger partial charge in [-0.25, -0.2) is 0 Å². The molecule has 1 atom stereocenters. The highest BCUT2D eigenvalue weighted by Gasteiger charge is 2.26. The standard InChI is InChI=1S/C17H20N2O2/c1-13(11-19-10-9-16(18-19)15-7-8-15)17(20)21-12-14-5-3-2-4-6-14/h2-6,9-10,13,15H,7-8,11-12H2,1H3. The summed E-state index contributed by atoms with van der Waals surface area (Å²) in [6.07, 6.45) is 4.44. The molecule has 1 aliphatic carbocycles. The summed E-state index contributed by atoms with van der Waals surface area (Å²) in [6, 6.07) is 11.8. The Hall–Kier alpha value is -2.10. The maximum Gasteiger partial charge on any atom is 0.310 e. The first-order valence-electron chi connectivity index (χ1n) is 7.46. The zero-order chi connectivity index (χ0) is 14.7. The smallest absolute Gasteiger partial charge is 0.310 e. The van der Waals surface area contributed by atoms with E-state index >= 15 is 0 Å². The van der Waals surface area contributed by atoms with Crippen LogP contribution in [0.4, 0.5) is 0 Å². The molecule has 1 heterocycles. The van der Waals surface area contributed by atoms with E-state index < -0.39 is 0 Å². The largest absolute Gasteiger partial charge is 0.461 e. The lowest BCUT2D eigenvalue weighted by atomic mass is 10.2. The molecular formula is C17H20N2O2. The van der Waals surface area contributed by atoms with Crippen LogP contribution in [-0.2, 0) is 22.7 Å². The minimum Gasteiger partial charge on any atom is -0.461 e. The number of esters is 1. The normalized spacial score (nSPS) is 15.7. The number of carbonyl (C=O) groups is 1. The molecule has 1 aromatic heterocycles. The molecule has 1 aromatic carbocycles. The molecule has 1 saturated carbocycles. The van der Waals surface area contributed by atoms with Crippen LogP contribution in [0.2, 0.25) is 0 Å². The molecule has 1 unspecified atom stereocenters. The number of hydrogen-bond acceptors (Lipinski definition) is 3. The Morgan fingerprint density at radius 2 is 2.10 bits per heavy atom. The van der Waals surface area contributed by atoms with Gasteiger partial charge in [-0.2, -0.15) is 5.10 Å². The van der Waals surface area contributed by atoms with Gasteiger partial charge in [-0.1, -0.05) is 37.3 Å². The van der Waals surface area contributed by atoms with Crippen LogP contribution in [0.25, 0.3) is 0 Å². The van der Waals surface area contributed by atoms with E-state index in [4.69, 9.17) is 4.74 Å². The van der Waals surface area contributed by atoms with Gasteiger partial charge in [0.05, 0.1) is 18.2 Å². The topological polar surface area (TPSA) is 44.1 Å². The molecule has 0 radical (unpaired) electrons. The quantitative estimate of drug-likeness (QED) is 0.765. The van der Waals surface area contributed by atoms with Crippen LogP contribution in [-0.4, -0.2) is 15.7 Å². The molecule has 0 N–H and O–H groups in total. The van der Waals surface area contributed by atoms with Crippen LogP contribution in [0.1, 0.15) is 36.9 Å². The fraction of sp³-hybridized carbons (Fsp3) is 0.412. The lowest BCUT2D eigenvalue weighted by Crippen LogP contribution is -2.20. The monoisotopic (exact) mass is 284 g/mol. The number of aromatic nitrogens is 2. The summed E-state index contributed by atoms with van der Waals surface area (Å²) >= 11 is 0. The lowest BCUT2D eigenvalue weighted by molar-refractivity contribution is -0.149. The van der Waals surface area contributed by atoms with E-state index in [1.165, 1.54) is 12.8 Å². The molecule has 0 spiro atoms. The SMILES string of the molecule is CC(Cn1ccc(C2CC2)n1)C(=O)OCc1ccccc1. The number of rotatable bonds is 6. The van der Waals surface area contributed by atoms with Crippen molar-refractivity contribution in [1.82, 2.24) is 9.78 Å². The molecule has 0 saturated heterocycles. The van der Waals surface area contributed by atoms with E-state index in [-0.39, 0.29) is 11.9 Å². The number of carbonyl (C=O) groups excluding carboxylic acids is 1. The van der Waals surface area contributed by atoms with Crippen LogP contribution in [0, 0.1) is 5.92 Å². The van der Waals surface area contributed by atoms with Crippen LogP contribution < -0.4 is 0 Å². The summed E-state index contributed by atoms with van der Waals surface area (Å²) in [6.45, 7) is 2.78. The van der Waals surface area contributed by atoms with Gasteiger partial charge in [-0.15, -0.1) is 0 Å². The number of ether oxygens (including phenoxy) is 1. The van der Waals surface area contributed by atoms with Gasteiger partial charge in [0.15, 0.2) is 0 Å². The maximum absolute atomic E-state index is 12.0. The highest BCUT2D eigenvalue weighted by atomic mass is 16.5. The highest BCUT2D eigenvalue weighted by Crippen LogP contribution is 2.38. The average molecular weight is 284 g/mol. The van der Waals surface area contributed by atoms with Gasteiger partial charge in [-0.05, 0) is 24.5 Å². The summed E-state index contributed by atoms with van der Waals surface area (Å²) in [5.74, 6) is 0.273. The summed E-state index contributed by atoms with van der Waals surface area (Å²) in [5.41, 5.74) is 2.16. The van der Waals surface area contributed by atoms with E-state index in [2.05, 4.69) is 11.2 Å². The molecule has 1 aliphatic rings. The zero-order valence-electron chi connectivity index (χ0n) is 12.2. The predicted molar refractivity (Wildman–Crippen MR) is 79.6 cm³/mol. The van der Waals surface area contributed by atoms with Crippen molar-refractivity contribution in [2.75, 3.05) is 0 Å². The van der Waals surface area contributed by atoms with Crippen molar-refractivity contribution in [3.8, 4) is 0 Å². The first-order valence-corrected chi connectivity index (χ1v) is 7.46. The average Bonchev–Trinajstić information content (AvgIpc) is 3.26.